The van der Waals surface area contributed by atoms with Crippen molar-refractivity contribution in [1.29, 1.82) is 5.41 Å². The van der Waals surface area contributed by atoms with E-state index in [1.165, 1.54) is 48.5 Å². The first-order chi connectivity index (χ1) is 14.2. The number of rotatable bonds is 10. The highest BCUT2D eigenvalue weighted by molar-refractivity contribution is 7.90. The first-order valence-corrected chi connectivity index (χ1v) is 10.3. The highest BCUT2D eigenvalue weighted by atomic mass is 32.2. The number of carbonyl (C=O) groups excluding carboxylic acids is 1. The lowest BCUT2D eigenvalue weighted by Crippen LogP contribution is -2.45. The van der Waals surface area contributed by atoms with E-state index in [-0.39, 0.29) is 23.8 Å². The summed E-state index contributed by atoms with van der Waals surface area (Å²) in [6, 6.07) is 9.39. The fourth-order valence-electron chi connectivity index (χ4n) is 2.37. The molecule has 0 aliphatic carbocycles. The molecule has 0 saturated heterocycles. The number of nitrogens with one attached hydrogen (secondary N) is 4. The Bertz CT molecular complexity index is 967. The van der Waals surface area contributed by atoms with Gasteiger partial charge in [0.2, 0.25) is 0 Å². The third kappa shape index (κ3) is 6.99. The van der Waals surface area contributed by atoms with E-state index in [2.05, 4.69) is 5.32 Å². The molecule has 0 heterocycles. The lowest BCUT2D eigenvalue weighted by Gasteiger charge is -2.15. The summed E-state index contributed by atoms with van der Waals surface area (Å²) in [6.45, 7) is 0.281. The number of benzene rings is 2. The first-order valence-electron chi connectivity index (χ1n) is 8.79. The number of ether oxygens (including phenoxy) is 1. The molecular weight excluding hydrogens is 417 g/mol. The van der Waals surface area contributed by atoms with Gasteiger partial charge in [-0.05, 0) is 61.4 Å². The van der Waals surface area contributed by atoms with Gasteiger partial charge in [0.1, 0.15) is 23.4 Å². The lowest BCUT2D eigenvalue weighted by molar-refractivity contribution is -0.124. The molecule has 162 valence electrons. The summed E-state index contributed by atoms with van der Waals surface area (Å²) < 4.78 is 45.1. The van der Waals surface area contributed by atoms with Crippen LogP contribution in [0.25, 0.3) is 0 Å². The number of sulfonamides is 1. The van der Waals surface area contributed by atoms with Gasteiger partial charge in [-0.2, -0.15) is 5.48 Å². The van der Waals surface area contributed by atoms with Crippen molar-refractivity contribution in [2.24, 2.45) is 5.73 Å². The van der Waals surface area contributed by atoms with Gasteiger partial charge in [-0.15, -0.1) is 0 Å². The minimum Gasteiger partial charge on any atom is -0.457 e. The van der Waals surface area contributed by atoms with Gasteiger partial charge in [-0.3, -0.25) is 10.2 Å². The predicted octanol–water partition coefficient (Wildman–Crippen LogP) is 1.03. The molecule has 0 bridgehead atoms. The van der Waals surface area contributed by atoms with Crippen LogP contribution < -0.4 is 26.0 Å². The van der Waals surface area contributed by atoms with Gasteiger partial charge in [0.15, 0.2) is 5.96 Å². The Balaban J connectivity index is 1.97. The monoisotopic (exact) mass is 439 g/mol. The minimum atomic E-state index is -4.18. The zero-order valence-electron chi connectivity index (χ0n) is 15.8. The van der Waals surface area contributed by atoms with E-state index < -0.39 is 27.8 Å². The van der Waals surface area contributed by atoms with Crippen molar-refractivity contribution in [2.45, 2.75) is 23.8 Å². The molecule has 10 nitrogen and oxygen atoms in total. The van der Waals surface area contributed by atoms with Gasteiger partial charge in [0, 0.05) is 6.54 Å². The molecule has 7 N–H and O–H groups in total. The number of guanidine groups is 1. The Morgan fingerprint density at radius 3 is 2.23 bits per heavy atom. The fraction of sp³-hybridized carbons (Fsp3) is 0.222. The van der Waals surface area contributed by atoms with E-state index >= 15 is 0 Å². The summed E-state index contributed by atoms with van der Waals surface area (Å²) in [5, 5.41) is 18.7. The summed E-state index contributed by atoms with van der Waals surface area (Å²) in [6.07, 6.45) is 0.448. The molecular formula is C18H22FN5O5S. The Hall–Kier alpha value is -3.22. The maximum absolute atomic E-state index is 12.9. The maximum atomic E-state index is 12.9. The number of hydrogen-bond donors (Lipinski definition) is 6. The van der Waals surface area contributed by atoms with Crippen molar-refractivity contribution in [2.75, 3.05) is 6.54 Å². The molecule has 0 aliphatic heterocycles. The summed E-state index contributed by atoms with van der Waals surface area (Å²) in [4.78, 5) is 12.0. The first kappa shape index (κ1) is 23.1. The van der Waals surface area contributed by atoms with Gasteiger partial charge >= 0.3 is 0 Å². The molecule has 0 aromatic heterocycles. The van der Waals surface area contributed by atoms with E-state index in [9.17, 15) is 17.6 Å². The predicted molar refractivity (Wildman–Crippen MR) is 106 cm³/mol. The highest BCUT2D eigenvalue weighted by Gasteiger charge is 2.24. The number of nitrogens with two attached hydrogens (primary N) is 1. The Kier molecular flexibility index (Phi) is 8.09. The molecule has 2 aromatic carbocycles. The smallest absolute Gasteiger partial charge is 0.264 e. The summed E-state index contributed by atoms with van der Waals surface area (Å²) >= 11 is 0. The number of halogens is 1. The van der Waals surface area contributed by atoms with Crippen LogP contribution in [0.15, 0.2) is 53.4 Å². The second-order valence-electron chi connectivity index (χ2n) is 6.16. The largest absolute Gasteiger partial charge is 0.457 e. The van der Waals surface area contributed by atoms with Gasteiger partial charge in [0.25, 0.3) is 15.9 Å². The standard InChI is InChI=1S/C18H22FN5O5S/c19-12-3-5-13(6-4-12)29-14-7-9-15(10-8-14)30(27,28)24-17(25)16(23-26)2-1-11-22-18(20)21/h3-10,16,23,26H,1-2,11H2,(H,24,25)(H4,20,21,22)/t16-/m1/s1. The molecule has 2 rings (SSSR count). The minimum absolute atomic E-state index is 0.0998. The van der Waals surface area contributed by atoms with E-state index in [1.54, 1.807) is 5.48 Å². The third-order valence-corrected chi connectivity index (χ3v) is 5.24. The van der Waals surface area contributed by atoms with Gasteiger partial charge in [0.05, 0.1) is 4.90 Å². The van der Waals surface area contributed by atoms with Crippen LogP contribution in [0.2, 0.25) is 0 Å². The molecule has 0 unspecified atom stereocenters. The molecule has 12 heteroatoms. The Labute approximate surface area is 172 Å². The molecule has 1 atom stereocenters. The average molecular weight is 439 g/mol. The molecule has 0 saturated carbocycles. The van der Waals surface area contributed by atoms with Gasteiger partial charge < -0.3 is 21.0 Å². The van der Waals surface area contributed by atoms with Crippen LogP contribution in [0.1, 0.15) is 12.8 Å². The van der Waals surface area contributed by atoms with Crippen molar-refractivity contribution in [3.8, 4) is 11.5 Å². The SMILES string of the molecule is N=C(N)NCCC[C@@H](NO)C(=O)NS(=O)(=O)c1ccc(Oc2ccc(F)cc2)cc1. The quantitative estimate of drug-likeness (QED) is 0.138. The van der Waals surface area contributed by atoms with Gasteiger partial charge in [-0.25, -0.2) is 17.5 Å². The van der Waals surface area contributed by atoms with Crippen molar-refractivity contribution in [1.82, 2.24) is 15.5 Å². The van der Waals surface area contributed by atoms with Crippen LogP contribution in [-0.2, 0) is 14.8 Å². The van der Waals surface area contributed by atoms with Crippen LogP contribution in [0, 0.1) is 11.2 Å². The molecule has 30 heavy (non-hydrogen) atoms. The lowest BCUT2D eigenvalue weighted by atomic mass is 10.1. The summed E-state index contributed by atoms with van der Waals surface area (Å²) in [5.74, 6) is -0.893. The Morgan fingerprint density at radius 1 is 1.13 bits per heavy atom. The second-order valence-corrected chi connectivity index (χ2v) is 7.84. The number of hydroxylamine groups is 1. The maximum Gasteiger partial charge on any atom is 0.264 e. The number of carbonyl (C=O) groups is 1. The van der Waals surface area contributed by atoms with Crippen LogP contribution in [0.4, 0.5) is 4.39 Å². The average Bonchev–Trinajstić information content (AvgIpc) is 2.69. The van der Waals surface area contributed by atoms with E-state index in [0.717, 1.165) is 0 Å². The van der Waals surface area contributed by atoms with Crippen LogP contribution in [0.5, 0.6) is 11.5 Å². The van der Waals surface area contributed by atoms with Crippen molar-refractivity contribution in [3.05, 3.63) is 54.3 Å². The van der Waals surface area contributed by atoms with Crippen LogP contribution in [-0.4, -0.2) is 38.1 Å². The molecule has 0 radical (unpaired) electrons. The normalized spacial score (nSPS) is 12.1. The Morgan fingerprint density at radius 2 is 1.70 bits per heavy atom. The molecule has 0 fully saturated rings. The van der Waals surface area contributed by atoms with E-state index in [0.29, 0.717) is 17.9 Å². The topological polar surface area (TPSA) is 167 Å². The van der Waals surface area contributed by atoms with E-state index in [1.807, 2.05) is 4.72 Å². The third-order valence-electron chi connectivity index (χ3n) is 3.88. The highest BCUT2D eigenvalue weighted by Crippen LogP contribution is 2.23. The molecule has 2 aromatic rings. The number of hydrogen-bond acceptors (Lipinski definition) is 7. The molecule has 0 spiro atoms. The molecule has 0 aliphatic rings. The summed E-state index contributed by atoms with van der Waals surface area (Å²) in [5.41, 5.74) is 6.90. The van der Waals surface area contributed by atoms with E-state index in [4.69, 9.17) is 21.1 Å². The van der Waals surface area contributed by atoms with Gasteiger partial charge in [-0.1, -0.05) is 0 Å². The zero-order valence-corrected chi connectivity index (χ0v) is 16.6. The second kappa shape index (κ2) is 10.5. The summed E-state index contributed by atoms with van der Waals surface area (Å²) in [7, 11) is -4.18. The van der Waals surface area contributed by atoms with Crippen molar-refractivity contribution < 1.29 is 27.5 Å². The van der Waals surface area contributed by atoms with Crippen LogP contribution >= 0.6 is 0 Å². The van der Waals surface area contributed by atoms with Crippen molar-refractivity contribution in [3.63, 3.8) is 0 Å². The zero-order chi connectivity index (χ0) is 22.1. The van der Waals surface area contributed by atoms with Crippen LogP contribution in [0.3, 0.4) is 0 Å². The van der Waals surface area contributed by atoms with Crippen molar-refractivity contribution >= 4 is 21.9 Å². The molecule has 1 amide bonds. The fourth-order valence-corrected chi connectivity index (χ4v) is 3.39. The number of amides is 1.